The third-order valence-electron chi connectivity index (χ3n) is 7.37. The number of piperazine rings is 1. The van der Waals surface area contributed by atoms with Crippen LogP contribution < -0.4 is 15.1 Å². The Kier molecular flexibility index (Phi) is 5.66. The standard InChI is InChI=1S/C25H33FN8O/c1-17-14-32(11-10-31(17)5)23-28-12-18(26)21(29-23)33-15-25(4,16-33)22(35)30-24(2,3)19-13-27-20-8-6-7-9-34(19)20/h6-9,12-13,17H,10-11,14-16H2,1-5H3,(H,30,35)/t17-/m1/s1. The molecule has 1 atom stereocenters. The maximum Gasteiger partial charge on any atom is 0.230 e. The molecule has 0 aromatic carbocycles. The van der Waals surface area contributed by atoms with Crippen molar-refractivity contribution in [3.63, 3.8) is 0 Å². The Morgan fingerprint density at radius 2 is 1.94 bits per heavy atom. The summed E-state index contributed by atoms with van der Waals surface area (Å²) in [5.41, 5.74) is 0.439. The Bertz CT molecular complexity index is 1250. The van der Waals surface area contributed by atoms with Gasteiger partial charge in [-0.05, 0) is 46.9 Å². The monoisotopic (exact) mass is 480 g/mol. The van der Waals surface area contributed by atoms with Crippen molar-refractivity contribution in [3.8, 4) is 0 Å². The molecule has 0 aliphatic carbocycles. The zero-order valence-corrected chi connectivity index (χ0v) is 21.0. The third kappa shape index (κ3) is 4.20. The molecule has 2 saturated heterocycles. The molecule has 0 bridgehead atoms. The van der Waals surface area contributed by atoms with Crippen molar-refractivity contribution in [2.24, 2.45) is 5.41 Å². The minimum atomic E-state index is -0.655. The van der Waals surface area contributed by atoms with E-state index in [9.17, 15) is 9.18 Å². The van der Waals surface area contributed by atoms with E-state index < -0.39 is 16.8 Å². The Morgan fingerprint density at radius 1 is 1.17 bits per heavy atom. The molecule has 5 rings (SSSR count). The van der Waals surface area contributed by atoms with E-state index in [0.717, 1.165) is 31.0 Å². The van der Waals surface area contributed by atoms with Crippen molar-refractivity contribution in [1.29, 1.82) is 0 Å². The number of nitrogens with zero attached hydrogens (tertiary/aromatic N) is 7. The van der Waals surface area contributed by atoms with Crippen molar-refractivity contribution in [3.05, 3.63) is 48.3 Å². The SMILES string of the molecule is C[C@@H]1CN(c2ncc(F)c(N3CC(C)(C(=O)NC(C)(C)c4cnc5ccccn45)C3)n2)CCN1C. The summed E-state index contributed by atoms with van der Waals surface area (Å²) in [5.74, 6) is 0.248. The predicted octanol–water partition coefficient (Wildman–Crippen LogP) is 2.28. The molecular weight excluding hydrogens is 447 g/mol. The van der Waals surface area contributed by atoms with Crippen molar-refractivity contribution in [2.75, 3.05) is 49.6 Å². The number of nitrogens with one attached hydrogen (secondary N) is 1. The molecule has 5 heterocycles. The summed E-state index contributed by atoms with van der Waals surface area (Å²) in [4.78, 5) is 32.8. The Balaban J connectivity index is 1.28. The van der Waals surface area contributed by atoms with Crippen molar-refractivity contribution in [2.45, 2.75) is 39.3 Å². The van der Waals surface area contributed by atoms with Crippen LogP contribution in [-0.4, -0.2) is 76.0 Å². The van der Waals surface area contributed by atoms with Gasteiger partial charge in [-0.25, -0.2) is 14.4 Å². The second-order valence-electron chi connectivity index (χ2n) is 10.7. The summed E-state index contributed by atoms with van der Waals surface area (Å²) in [6.45, 7) is 11.3. The molecule has 9 nitrogen and oxygen atoms in total. The van der Waals surface area contributed by atoms with Crippen molar-refractivity contribution >= 4 is 23.3 Å². The Labute approximate surface area is 205 Å². The number of anilines is 2. The van der Waals surface area contributed by atoms with E-state index in [1.165, 1.54) is 6.20 Å². The maximum atomic E-state index is 14.7. The highest BCUT2D eigenvalue weighted by atomic mass is 19.1. The number of hydrogen-bond acceptors (Lipinski definition) is 7. The molecule has 3 aromatic heterocycles. The average molecular weight is 481 g/mol. The number of halogens is 1. The van der Waals surface area contributed by atoms with Gasteiger partial charge in [-0.1, -0.05) is 6.07 Å². The molecule has 1 N–H and O–H groups in total. The molecule has 0 saturated carbocycles. The maximum absolute atomic E-state index is 14.7. The molecule has 35 heavy (non-hydrogen) atoms. The molecule has 2 aliphatic rings. The summed E-state index contributed by atoms with van der Waals surface area (Å²) >= 11 is 0. The van der Waals surface area contributed by atoms with Crippen LogP contribution in [0.3, 0.4) is 0 Å². The molecule has 2 fully saturated rings. The highest BCUT2D eigenvalue weighted by Crippen LogP contribution is 2.36. The van der Waals surface area contributed by atoms with Crippen LogP contribution in [-0.2, 0) is 10.3 Å². The number of likely N-dealkylation sites (N-methyl/N-ethyl adjacent to an activating group) is 1. The molecule has 0 spiro atoms. The molecule has 0 unspecified atom stereocenters. The van der Waals surface area contributed by atoms with Crippen LogP contribution in [0.15, 0.2) is 36.8 Å². The first-order valence-corrected chi connectivity index (χ1v) is 12.1. The summed E-state index contributed by atoms with van der Waals surface area (Å²) in [7, 11) is 2.10. The zero-order valence-electron chi connectivity index (χ0n) is 21.0. The first kappa shape index (κ1) is 23.5. The van der Waals surface area contributed by atoms with E-state index in [0.29, 0.717) is 25.1 Å². The lowest BCUT2D eigenvalue weighted by molar-refractivity contribution is -0.133. The van der Waals surface area contributed by atoms with Crippen LogP contribution >= 0.6 is 0 Å². The predicted molar refractivity (Wildman–Crippen MR) is 133 cm³/mol. The van der Waals surface area contributed by atoms with Crippen LogP contribution in [0.4, 0.5) is 16.2 Å². The number of rotatable bonds is 5. The normalized spacial score (nSPS) is 20.7. The van der Waals surface area contributed by atoms with Gasteiger partial charge in [-0.3, -0.25) is 4.79 Å². The number of aromatic nitrogens is 4. The number of carbonyl (C=O) groups is 1. The van der Waals surface area contributed by atoms with Gasteiger partial charge in [0.2, 0.25) is 11.9 Å². The third-order valence-corrected chi connectivity index (χ3v) is 7.37. The second kappa shape index (κ2) is 8.44. The van der Waals surface area contributed by atoms with Crippen LogP contribution in [0.5, 0.6) is 0 Å². The first-order valence-electron chi connectivity index (χ1n) is 12.1. The van der Waals surface area contributed by atoms with Crippen molar-refractivity contribution in [1.82, 2.24) is 29.6 Å². The fourth-order valence-electron chi connectivity index (χ4n) is 4.94. The fourth-order valence-corrected chi connectivity index (χ4v) is 4.94. The lowest BCUT2D eigenvalue weighted by atomic mass is 9.80. The first-order chi connectivity index (χ1) is 16.6. The van der Waals surface area contributed by atoms with E-state index in [2.05, 4.69) is 44.0 Å². The topological polar surface area (TPSA) is 81.9 Å². The quantitative estimate of drug-likeness (QED) is 0.600. The highest BCUT2D eigenvalue weighted by Gasteiger charge is 2.48. The average Bonchev–Trinajstić information content (AvgIpc) is 3.24. The van der Waals surface area contributed by atoms with Gasteiger partial charge < -0.3 is 24.4 Å². The molecule has 0 radical (unpaired) electrons. The fraction of sp³-hybridized carbons (Fsp3) is 0.520. The lowest BCUT2D eigenvalue weighted by Crippen LogP contribution is -2.64. The van der Waals surface area contributed by atoms with Crippen LogP contribution in [0, 0.1) is 11.2 Å². The van der Waals surface area contributed by atoms with Gasteiger partial charge in [0.1, 0.15) is 5.65 Å². The molecule has 2 aliphatic heterocycles. The van der Waals surface area contributed by atoms with Gasteiger partial charge in [0.05, 0.1) is 29.0 Å². The zero-order chi connectivity index (χ0) is 25.0. The molecule has 1 amide bonds. The van der Waals surface area contributed by atoms with Crippen LogP contribution in [0.1, 0.15) is 33.4 Å². The molecular formula is C25H33FN8O. The van der Waals surface area contributed by atoms with Gasteiger partial charge in [0.25, 0.3) is 0 Å². The van der Waals surface area contributed by atoms with E-state index in [1.54, 1.807) is 6.20 Å². The van der Waals surface area contributed by atoms with Gasteiger partial charge in [-0.15, -0.1) is 0 Å². The number of amides is 1. The van der Waals surface area contributed by atoms with Crippen LogP contribution in [0.2, 0.25) is 0 Å². The summed E-state index contributed by atoms with van der Waals surface area (Å²) in [6.07, 6.45) is 4.97. The van der Waals surface area contributed by atoms with E-state index >= 15 is 0 Å². The second-order valence-corrected chi connectivity index (χ2v) is 10.7. The van der Waals surface area contributed by atoms with Crippen LogP contribution in [0.25, 0.3) is 5.65 Å². The number of hydrogen-bond donors (Lipinski definition) is 1. The van der Waals surface area contributed by atoms with Gasteiger partial charge >= 0.3 is 0 Å². The number of fused-ring (bicyclic) bond motifs is 1. The number of pyridine rings is 1. The number of carbonyl (C=O) groups excluding carboxylic acids is 1. The molecule has 3 aromatic rings. The lowest BCUT2D eigenvalue weighted by Gasteiger charge is -2.48. The summed E-state index contributed by atoms with van der Waals surface area (Å²) in [5, 5.41) is 3.19. The van der Waals surface area contributed by atoms with Gasteiger partial charge in [0.15, 0.2) is 11.6 Å². The van der Waals surface area contributed by atoms with E-state index in [4.69, 9.17) is 0 Å². The van der Waals surface area contributed by atoms with Gasteiger partial charge in [-0.2, -0.15) is 4.98 Å². The Hall–Kier alpha value is -3.27. The Morgan fingerprint density at radius 3 is 2.69 bits per heavy atom. The molecule has 186 valence electrons. The van der Waals surface area contributed by atoms with E-state index in [-0.39, 0.29) is 11.7 Å². The summed E-state index contributed by atoms with van der Waals surface area (Å²) < 4.78 is 16.7. The number of imidazole rings is 1. The highest BCUT2D eigenvalue weighted by molar-refractivity contribution is 5.86. The minimum absolute atomic E-state index is 0.0767. The van der Waals surface area contributed by atoms with Gasteiger partial charge in [0, 0.05) is 45.0 Å². The molecule has 10 heteroatoms. The van der Waals surface area contributed by atoms with Crippen molar-refractivity contribution < 1.29 is 9.18 Å². The summed E-state index contributed by atoms with van der Waals surface area (Å²) in [6, 6.07) is 6.17. The largest absolute Gasteiger partial charge is 0.352 e. The van der Waals surface area contributed by atoms with E-state index in [1.807, 2.05) is 54.5 Å². The smallest absolute Gasteiger partial charge is 0.230 e. The minimum Gasteiger partial charge on any atom is -0.352 e.